The molecule has 0 saturated carbocycles. The van der Waals surface area contributed by atoms with E-state index in [1.807, 2.05) is 0 Å². The highest BCUT2D eigenvalue weighted by atomic mass is 35.5. The molecule has 3 heterocycles. The highest BCUT2D eigenvalue weighted by Crippen LogP contribution is 2.36. The van der Waals surface area contributed by atoms with Gasteiger partial charge in [-0.3, -0.25) is 23.9 Å². The average molecular weight is 593 g/mol. The number of aliphatic hydroxyl groups is 1. The van der Waals surface area contributed by atoms with Gasteiger partial charge in [-0.15, -0.1) is 0 Å². The largest absolute Gasteiger partial charge is 0.412 e. The van der Waals surface area contributed by atoms with Crippen molar-refractivity contribution in [2.45, 2.75) is 24.7 Å². The van der Waals surface area contributed by atoms with E-state index in [9.17, 15) is 41.4 Å². The lowest BCUT2D eigenvalue weighted by molar-refractivity contribution is -0.155. The molecule has 41 heavy (non-hydrogen) atoms. The fourth-order valence-electron chi connectivity index (χ4n) is 4.51. The number of hydrogen-bond donors (Lipinski definition) is 2. The first-order valence-corrected chi connectivity index (χ1v) is 12.4. The summed E-state index contributed by atoms with van der Waals surface area (Å²) in [7, 11) is 0. The molecule has 2 aromatic carbocycles. The molecule has 1 aliphatic heterocycles. The van der Waals surface area contributed by atoms with Crippen molar-refractivity contribution in [3.05, 3.63) is 98.8 Å². The molecule has 2 amide bonds. The van der Waals surface area contributed by atoms with Crippen LogP contribution in [-0.2, 0) is 4.79 Å². The number of hydrogen-bond acceptors (Lipinski definition) is 5. The normalized spacial score (nSPS) is 16.3. The first-order valence-electron chi connectivity index (χ1n) is 12.0. The van der Waals surface area contributed by atoms with Crippen LogP contribution in [0.2, 0.25) is 5.02 Å². The Bertz CT molecular complexity index is 1760. The van der Waals surface area contributed by atoms with Gasteiger partial charge in [0.1, 0.15) is 29.1 Å². The van der Waals surface area contributed by atoms with Crippen LogP contribution in [0, 0.1) is 11.6 Å². The van der Waals surface area contributed by atoms with E-state index >= 15 is 0 Å². The molecule has 5 rings (SSSR count). The Morgan fingerprint density at radius 1 is 1.10 bits per heavy atom. The van der Waals surface area contributed by atoms with E-state index in [0.717, 1.165) is 33.9 Å². The number of anilines is 1. The van der Waals surface area contributed by atoms with Crippen LogP contribution in [0.5, 0.6) is 0 Å². The van der Waals surface area contributed by atoms with E-state index in [2.05, 4.69) is 4.98 Å². The lowest BCUT2D eigenvalue weighted by Crippen LogP contribution is -2.40. The van der Waals surface area contributed by atoms with Gasteiger partial charge in [-0.05, 0) is 30.3 Å². The van der Waals surface area contributed by atoms with Gasteiger partial charge in [-0.2, -0.15) is 13.2 Å². The zero-order valence-corrected chi connectivity index (χ0v) is 21.4. The number of rotatable bonds is 5. The van der Waals surface area contributed by atoms with Crippen molar-refractivity contribution in [2.75, 3.05) is 11.4 Å². The summed E-state index contributed by atoms with van der Waals surface area (Å²) in [5.41, 5.74) is -2.97. The van der Waals surface area contributed by atoms with E-state index in [4.69, 9.17) is 11.6 Å². The highest BCUT2D eigenvalue weighted by Gasteiger charge is 2.43. The SMILES string of the molecule is O=C(NC(c1ccccc1Cl)C(F)(F)F)c1cn(-c2ccc(F)cc2F)c2nc(N3CCC(O)C3=O)ccc2c1=O. The Kier molecular flexibility index (Phi) is 7.26. The van der Waals surface area contributed by atoms with Gasteiger partial charge in [-0.1, -0.05) is 29.8 Å². The number of aromatic nitrogens is 2. The zero-order chi connectivity index (χ0) is 29.6. The first kappa shape index (κ1) is 28.2. The van der Waals surface area contributed by atoms with Crippen molar-refractivity contribution in [1.29, 1.82) is 0 Å². The molecule has 14 heteroatoms. The number of nitrogens with one attached hydrogen (secondary N) is 1. The van der Waals surface area contributed by atoms with E-state index in [1.54, 1.807) is 5.32 Å². The van der Waals surface area contributed by atoms with E-state index in [-0.39, 0.29) is 40.5 Å². The summed E-state index contributed by atoms with van der Waals surface area (Å²) >= 11 is 5.95. The van der Waals surface area contributed by atoms with Gasteiger partial charge < -0.3 is 10.4 Å². The smallest absolute Gasteiger partial charge is 0.383 e. The van der Waals surface area contributed by atoms with Crippen LogP contribution in [0.4, 0.5) is 27.8 Å². The topological polar surface area (TPSA) is 105 Å². The molecule has 0 aliphatic carbocycles. The summed E-state index contributed by atoms with van der Waals surface area (Å²) in [6.45, 7) is 0.0923. The van der Waals surface area contributed by atoms with Gasteiger partial charge in [0, 0.05) is 35.8 Å². The van der Waals surface area contributed by atoms with Crippen LogP contribution in [0.25, 0.3) is 16.7 Å². The van der Waals surface area contributed by atoms with E-state index in [1.165, 1.54) is 30.3 Å². The molecular formula is C27H18ClF5N4O4. The quantitative estimate of drug-likeness (QED) is 0.333. The van der Waals surface area contributed by atoms with E-state index < -0.39 is 58.3 Å². The van der Waals surface area contributed by atoms with Gasteiger partial charge in [0.05, 0.1) is 11.1 Å². The van der Waals surface area contributed by atoms with Crippen LogP contribution in [0.1, 0.15) is 28.4 Å². The maximum Gasteiger partial charge on any atom is 0.412 e. The lowest BCUT2D eigenvalue weighted by atomic mass is 10.1. The number of aliphatic hydroxyl groups excluding tert-OH is 1. The van der Waals surface area contributed by atoms with Crippen molar-refractivity contribution >= 4 is 40.3 Å². The number of alkyl halides is 3. The Balaban J connectivity index is 1.68. The number of carbonyl (C=O) groups excluding carboxylic acids is 2. The minimum absolute atomic E-state index is 0.0113. The molecule has 1 aliphatic rings. The molecule has 0 bridgehead atoms. The Hall–Kier alpha value is -4.36. The number of benzene rings is 2. The van der Waals surface area contributed by atoms with Crippen LogP contribution in [0.3, 0.4) is 0 Å². The number of fused-ring (bicyclic) bond motifs is 1. The summed E-state index contributed by atoms with van der Waals surface area (Å²) in [5, 5.41) is 11.0. The second-order valence-corrected chi connectivity index (χ2v) is 9.55. The Morgan fingerprint density at radius 2 is 1.83 bits per heavy atom. The third-order valence-corrected chi connectivity index (χ3v) is 6.87. The van der Waals surface area contributed by atoms with Gasteiger partial charge in [0.2, 0.25) is 5.43 Å². The molecule has 0 spiro atoms. The van der Waals surface area contributed by atoms with Crippen LogP contribution < -0.4 is 15.6 Å². The van der Waals surface area contributed by atoms with Crippen LogP contribution in [-0.4, -0.2) is 45.3 Å². The molecule has 4 aromatic rings. The van der Waals surface area contributed by atoms with Crippen molar-refractivity contribution in [3.63, 3.8) is 0 Å². The molecule has 2 atom stereocenters. The Labute approximate surface area is 232 Å². The molecule has 2 unspecified atom stereocenters. The van der Waals surface area contributed by atoms with Crippen LogP contribution in [0.15, 0.2) is 65.6 Å². The zero-order valence-electron chi connectivity index (χ0n) is 20.6. The standard InChI is InChI=1S/C27H18ClF5N4O4/c28-17-4-2-1-3-14(17)23(27(31,32)33)35-25(40)16-12-37(19-7-5-13(29)11-18(19)30)24-15(22(16)39)6-8-21(34-24)36-10-9-20(38)26(36)41/h1-8,11-12,20,23,38H,9-10H2,(H,35,40). The molecular weight excluding hydrogens is 575 g/mol. The molecule has 2 aromatic heterocycles. The fraction of sp³-hybridized carbons (Fsp3) is 0.185. The third kappa shape index (κ3) is 5.25. The second-order valence-electron chi connectivity index (χ2n) is 9.14. The van der Waals surface area contributed by atoms with Gasteiger partial charge in [0.25, 0.3) is 11.8 Å². The molecule has 8 nitrogen and oxygen atoms in total. The third-order valence-electron chi connectivity index (χ3n) is 6.52. The molecule has 0 radical (unpaired) electrons. The van der Waals surface area contributed by atoms with Crippen molar-refractivity contribution < 1.29 is 36.6 Å². The minimum atomic E-state index is -5.01. The highest BCUT2D eigenvalue weighted by molar-refractivity contribution is 6.31. The van der Waals surface area contributed by atoms with Gasteiger partial charge in [0.15, 0.2) is 11.7 Å². The number of nitrogens with zero attached hydrogens (tertiary/aromatic N) is 3. The Morgan fingerprint density at radius 3 is 2.46 bits per heavy atom. The molecule has 2 N–H and O–H groups in total. The summed E-state index contributed by atoms with van der Waals surface area (Å²) < 4.78 is 71.5. The maximum absolute atomic E-state index is 14.9. The molecule has 1 fully saturated rings. The summed E-state index contributed by atoms with van der Waals surface area (Å²) in [6, 6.07) is 7.18. The van der Waals surface area contributed by atoms with Crippen LogP contribution >= 0.6 is 11.6 Å². The van der Waals surface area contributed by atoms with Crippen molar-refractivity contribution in [1.82, 2.24) is 14.9 Å². The number of amides is 2. The monoisotopic (exact) mass is 592 g/mol. The van der Waals surface area contributed by atoms with Crippen molar-refractivity contribution in [3.8, 4) is 5.69 Å². The van der Waals surface area contributed by atoms with Crippen molar-refractivity contribution in [2.24, 2.45) is 0 Å². The maximum atomic E-state index is 14.9. The first-order chi connectivity index (χ1) is 19.4. The molecule has 1 saturated heterocycles. The fourth-order valence-corrected chi connectivity index (χ4v) is 4.76. The summed E-state index contributed by atoms with van der Waals surface area (Å²) in [4.78, 5) is 44.3. The minimum Gasteiger partial charge on any atom is -0.383 e. The van der Waals surface area contributed by atoms with Gasteiger partial charge in [-0.25, -0.2) is 13.8 Å². The second kappa shape index (κ2) is 10.6. The van der Waals surface area contributed by atoms with E-state index in [0.29, 0.717) is 6.07 Å². The number of carbonyl (C=O) groups is 2. The number of halogens is 6. The average Bonchev–Trinajstić information content (AvgIpc) is 3.25. The molecule has 212 valence electrons. The lowest BCUT2D eigenvalue weighted by Gasteiger charge is -2.23. The van der Waals surface area contributed by atoms with Gasteiger partial charge >= 0.3 is 6.18 Å². The predicted octanol–water partition coefficient (Wildman–Crippen LogP) is 4.45. The predicted molar refractivity (Wildman–Crippen MR) is 138 cm³/mol. The summed E-state index contributed by atoms with van der Waals surface area (Å²) in [5.74, 6) is -4.19. The number of pyridine rings is 2. The summed E-state index contributed by atoms with van der Waals surface area (Å²) in [6.07, 6.45) is -5.38.